The Morgan fingerprint density at radius 3 is 2.71 bits per heavy atom. The van der Waals surface area contributed by atoms with Crippen molar-refractivity contribution < 1.29 is 24.5 Å². The molecule has 0 radical (unpaired) electrons. The van der Waals surface area contributed by atoms with Crippen molar-refractivity contribution >= 4 is 11.8 Å². The van der Waals surface area contributed by atoms with Gasteiger partial charge in [0.25, 0.3) is 0 Å². The predicted molar refractivity (Wildman–Crippen MR) is 101 cm³/mol. The first-order valence-electron chi connectivity index (χ1n) is 9.20. The van der Waals surface area contributed by atoms with Gasteiger partial charge in [-0.25, -0.2) is 0 Å². The smallest absolute Gasteiger partial charge is 0.238 e. The quantitative estimate of drug-likeness (QED) is 0.552. The Balaban J connectivity index is 1.66. The molecule has 146 valence electrons. The Morgan fingerprint density at radius 1 is 1.25 bits per heavy atom. The van der Waals surface area contributed by atoms with Gasteiger partial charge in [0.2, 0.25) is 11.8 Å². The molecule has 28 heavy (non-hydrogen) atoms. The summed E-state index contributed by atoms with van der Waals surface area (Å²) in [5.74, 6) is -1.99. The fraction of sp³-hybridized carbons (Fsp3) is 0.333. The lowest BCUT2D eigenvalue weighted by molar-refractivity contribution is -0.175. The van der Waals surface area contributed by atoms with Crippen LogP contribution in [0.1, 0.15) is 30.4 Å². The summed E-state index contributed by atoms with van der Waals surface area (Å²) >= 11 is 0. The van der Waals surface area contributed by atoms with Gasteiger partial charge in [-0.3, -0.25) is 9.59 Å². The monoisotopic (exact) mass is 382 g/mol. The van der Waals surface area contributed by atoms with Gasteiger partial charge < -0.3 is 25.6 Å². The van der Waals surface area contributed by atoms with Crippen molar-refractivity contribution in [2.24, 2.45) is 11.7 Å². The van der Waals surface area contributed by atoms with Crippen LogP contribution in [-0.2, 0) is 16.0 Å². The van der Waals surface area contributed by atoms with Gasteiger partial charge in [0.05, 0.1) is 0 Å². The Hall–Kier alpha value is -3.22. The summed E-state index contributed by atoms with van der Waals surface area (Å²) in [6, 6.07) is 12.0. The molecule has 0 aliphatic carbocycles. The number of ether oxygens (including phenoxy) is 1. The Labute approximate surface area is 162 Å². The number of phenolic OH excluding ortho intramolecular Hbond substituents is 2. The number of piperidine rings is 1. The minimum Gasteiger partial charge on any atom is -0.504 e. The van der Waals surface area contributed by atoms with Crippen molar-refractivity contribution in [2.45, 2.75) is 31.4 Å². The molecule has 3 unspecified atom stereocenters. The van der Waals surface area contributed by atoms with Crippen molar-refractivity contribution in [3.63, 3.8) is 0 Å². The molecule has 0 saturated carbocycles. The van der Waals surface area contributed by atoms with E-state index in [0.717, 1.165) is 11.1 Å². The van der Waals surface area contributed by atoms with E-state index in [1.165, 1.54) is 12.1 Å². The molecule has 1 fully saturated rings. The third-order valence-electron chi connectivity index (χ3n) is 5.72. The van der Waals surface area contributed by atoms with Crippen LogP contribution >= 0.6 is 0 Å². The average Bonchev–Trinajstić information content (AvgIpc) is 2.63. The van der Waals surface area contributed by atoms with Crippen molar-refractivity contribution in [1.82, 2.24) is 4.90 Å². The third-order valence-corrected chi connectivity index (χ3v) is 5.72. The number of primary amides is 1. The van der Waals surface area contributed by atoms with E-state index in [-0.39, 0.29) is 29.9 Å². The van der Waals surface area contributed by atoms with Crippen molar-refractivity contribution in [1.29, 1.82) is 0 Å². The van der Waals surface area contributed by atoms with Gasteiger partial charge in [-0.05, 0) is 42.7 Å². The molecule has 7 heteroatoms. The van der Waals surface area contributed by atoms with E-state index in [1.807, 2.05) is 31.2 Å². The highest BCUT2D eigenvalue weighted by atomic mass is 16.5. The lowest BCUT2D eigenvalue weighted by atomic mass is 9.73. The number of fused-ring (bicyclic) bond motifs is 4. The Bertz CT molecular complexity index is 960. The summed E-state index contributed by atoms with van der Waals surface area (Å²) in [5.41, 5.74) is 6.31. The van der Waals surface area contributed by atoms with E-state index < -0.39 is 17.6 Å². The van der Waals surface area contributed by atoms with Crippen LogP contribution in [-0.4, -0.2) is 39.2 Å². The zero-order valence-electron chi connectivity index (χ0n) is 15.5. The molecule has 2 aromatic rings. The first kappa shape index (κ1) is 18.2. The lowest BCUT2D eigenvalue weighted by Gasteiger charge is -2.52. The van der Waals surface area contributed by atoms with Crippen LogP contribution in [0.25, 0.3) is 0 Å². The SMILES string of the molecule is CC12CC(c3ccccc3O1)C(C(N)=O)C(=O)N2CCc1ccc(O)c(O)c1. The summed E-state index contributed by atoms with van der Waals surface area (Å²) in [5, 5.41) is 19.2. The van der Waals surface area contributed by atoms with Crippen LogP contribution in [0.3, 0.4) is 0 Å². The maximum atomic E-state index is 13.2. The number of phenols is 2. The van der Waals surface area contributed by atoms with E-state index in [4.69, 9.17) is 10.5 Å². The minimum absolute atomic E-state index is 0.200. The second kappa shape index (κ2) is 6.44. The second-order valence-corrected chi connectivity index (χ2v) is 7.57. The zero-order chi connectivity index (χ0) is 20.1. The van der Waals surface area contributed by atoms with Crippen LogP contribution in [0.2, 0.25) is 0 Å². The number of hydrogen-bond donors (Lipinski definition) is 3. The molecule has 4 N–H and O–H groups in total. The maximum absolute atomic E-state index is 13.2. The highest BCUT2D eigenvalue weighted by molar-refractivity contribution is 6.01. The van der Waals surface area contributed by atoms with Gasteiger partial charge in [0.15, 0.2) is 17.2 Å². The first-order chi connectivity index (χ1) is 13.3. The molecule has 0 aromatic heterocycles. The molecule has 0 spiro atoms. The molecule has 4 rings (SSSR count). The van der Waals surface area contributed by atoms with Crippen molar-refractivity contribution in [3.8, 4) is 17.2 Å². The Kier molecular flexibility index (Phi) is 4.18. The van der Waals surface area contributed by atoms with Gasteiger partial charge in [0, 0.05) is 18.9 Å². The van der Waals surface area contributed by atoms with Gasteiger partial charge >= 0.3 is 0 Å². The second-order valence-electron chi connectivity index (χ2n) is 7.57. The minimum atomic E-state index is -0.939. The highest BCUT2D eigenvalue weighted by Crippen LogP contribution is 2.50. The maximum Gasteiger partial charge on any atom is 0.238 e. The number of carbonyl (C=O) groups is 2. The molecule has 2 aliphatic heterocycles. The van der Waals surface area contributed by atoms with Crippen LogP contribution < -0.4 is 10.5 Å². The zero-order valence-corrected chi connectivity index (χ0v) is 15.5. The molecule has 3 atom stereocenters. The van der Waals surface area contributed by atoms with Crippen LogP contribution in [0.15, 0.2) is 42.5 Å². The molecule has 2 heterocycles. The molecule has 2 aliphatic rings. The average molecular weight is 382 g/mol. The Morgan fingerprint density at radius 2 is 2.00 bits per heavy atom. The van der Waals surface area contributed by atoms with Gasteiger partial charge in [-0.15, -0.1) is 0 Å². The van der Waals surface area contributed by atoms with Crippen LogP contribution in [0.5, 0.6) is 17.2 Å². The van der Waals surface area contributed by atoms with Crippen LogP contribution in [0, 0.1) is 5.92 Å². The number of para-hydroxylation sites is 1. The lowest BCUT2D eigenvalue weighted by Crippen LogP contribution is -2.64. The number of rotatable bonds is 4. The summed E-state index contributed by atoms with van der Waals surface area (Å²) < 4.78 is 6.20. The van der Waals surface area contributed by atoms with E-state index in [9.17, 15) is 19.8 Å². The van der Waals surface area contributed by atoms with Gasteiger partial charge in [-0.1, -0.05) is 24.3 Å². The van der Waals surface area contributed by atoms with E-state index >= 15 is 0 Å². The number of likely N-dealkylation sites (tertiary alicyclic amines) is 1. The first-order valence-corrected chi connectivity index (χ1v) is 9.20. The summed E-state index contributed by atoms with van der Waals surface area (Å²) in [6.45, 7) is 2.14. The van der Waals surface area contributed by atoms with E-state index in [2.05, 4.69) is 0 Å². The molecule has 2 bridgehead atoms. The number of hydrogen-bond acceptors (Lipinski definition) is 5. The molecule has 2 amide bonds. The predicted octanol–water partition coefficient (Wildman–Crippen LogP) is 1.87. The number of benzene rings is 2. The standard InChI is InChI=1S/C21H22N2O5/c1-21-11-14(13-4-2-3-5-17(13)28-21)18(19(22)26)20(27)23(21)9-8-12-6-7-15(24)16(25)10-12/h2-7,10,14,18,24-25H,8-9,11H2,1H3,(H2,22,26). The number of nitrogens with two attached hydrogens (primary N) is 1. The normalized spacial score (nSPS) is 25.8. The van der Waals surface area contributed by atoms with Crippen molar-refractivity contribution in [3.05, 3.63) is 53.6 Å². The summed E-state index contributed by atoms with van der Waals surface area (Å²) in [7, 11) is 0. The fourth-order valence-corrected chi connectivity index (χ4v) is 4.34. The van der Waals surface area contributed by atoms with E-state index in [1.54, 1.807) is 11.0 Å². The number of amides is 2. The van der Waals surface area contributed by atoms with E-state index in [0.29, 0.717) is 18.6 Å². The number of carbonyl (C=O) groups excluding carboxylic acids is 2. The van der Waals surface area contributed by atoms with Crippen molar-refractivity contribution in [2.75, 3.05) is 6.54 Å². The largest absolute Gasteiger partial charge is 0.504 e. The fourth-order valence-electron chi connectivity index (χ4n) is 4.34. The topological polar surface area (TPSA) is 113 Å². The number of aromatic hydroxyl groups is 2. The third kappa shape index (κ3) is 2.83. The summed E-state index contributed by atoms with van der Waals surface area (Å²) in [6.07, 6.45) is 0.903. The highest BCUT2D eigenvalue weighted by Gasteiger charge is 2.55. The van der Waals surface area contributed by atoms with Crippen LogP contribution in [0.4, 0.5) is 0 Å². The molecule has 1 saturated heterocycles. The molecular weight excluding hydrogens is 360 g/mol. The summed E-state index contributed by atoms with van der Waals surface area (Å²) in [4.78, 5) is 26.9. The van der Waals surface area contributed by atoms with Gasteiger partial charge in [-0.2, -0.15) is 0 Å². The number of nitrogens with zero attached hydrogens (tertiary/aromatic N) is 1. The molecular formula is C21H22N2O5. The molecule has 2 aromatic carbocycles. The molecule has 7 nitrogen and oxygen atoms in total. The van der Waals surface area contributed by atoms with Gasteiger partial charge in [0.1, 0.15) is 11.7 Å².